The van der Waals surface area contributed by atoms with Gasteiger partial charge in [-0.1, -0.05) is 11.2 Å². The third-order valence-electron chi connectivity index (χ3n) is 2.17. The molecule has 1 aromatic rings. The van der Waals surface area contributed by atoms with Crippen LogP contribution in [0.25, 0.3) is 10.4 Å². The van der Waals surface area contributed by atoms with Crippen molar-refractivity contribution in [3.63, 3.8) is 0 Å². The zero-order valence-electron chi connectivity index (χ0n) is 10.3. The highest BCUT2D eigenvalue weighted by Gasteiger charge is 1.94. The lowest BCUT2D eigenvalue weighted by atomic mass is 10.3. The second-order valence-corrected chi connectivity index (χ2v) is 3.69. The SMILES string of the molecule is [N-]=[N+]=NCCCOCCCOc1cccc(N)c1. The van der Waals surface area contributed by atoms with Crippen molar-refractivity contribution in [3.8, 4) is 5.75 Å². The van der Waals surface area contributed by atoms with E-state index < -0.39 is 0 Å². The average Bonchev–Trinajstić information content (AvgIpc) is 2.37. The van der Waals surface area contributed by atoms with Crippen molar-refractivity contribution >= 4 is 5.69 Å². The van der Waals surface area contributed by atoms with Crippen molar-refractivity contribution in [2.75, 3.05) is 32.1 Å². The predicted molar refractivity (Wildman–Crippen MR) is 70.4 cm³/mol. The van der Waals surface area contributed by atoms with E-state index in [1.54, 1.807) is 6.07 Å². The summed E-state index contributed by atoms with van der Waals surface area (Å²) in [6.07, 6.45) is 1.57. The Hall–Kier alpha value is -1.91. The van der Waals surface area contributed by atoms with Gasteiger partial charge in [-0.25, -0.2) is 0 Å². The first-order chi connectivity index (χ1) is 8.83. The predicted octanol–water partition coefficient (Wildman–Crippen LogP) is 2.75. The molecule has 1 aromatic carbocycles. The molecule has 0 radical (unpaired) electrons. The van der Waals surface area contributed by atoms with E-state index in [0.29, 0.717) is 32.1 Å². The maximum atomic E-state index is 8.06. The lowest BCUT2D eigenvalue weighted by Gasteiger charge is -2.07. The summed E-state index contributed by atoms with van der Waals surface area (Å²) in [4.78, 5) is 2.66. The fourth-order valence-electron chi connectivity index (χ4n) is 1.34. The van der Waals surface area contributed by atoms with Gasteiger partial charge in [0.05, 0.1) is 6.61 Å². The molecule has 0 unspecified atom stereocenters. The Morgan fingerprint density at radius 2 is 2.06 bits per heavy atom. The number of nitrogens with two attached hydrogens (primary N) is 1. The molecule has 18 heavy (non-hydrogen) atoms. The summed E-state index contributed by atoms with van der Waals surface area (Å²) >= 11 is 0. The molecule has 6 nitrogen and oxygen atoms in total. The van der Waals surface area contributed by atoms with E-state index in [9.17, 15) is 0 Å². The Morgan fingerprint density at radius 3 is 2.83 bits per heavy atom. The van der Waals surface area contributed by atoms with Gasteiger partial charge in [0.25, 0.3) is 0 Å². The van der Waals surface area contributed by atoms with E-state index in [2.05, 4.69) is 10.0 Å². The van der Waals surface area contributed by atoms with Crippen LogP contribution >= 0.6 is 0 Å². The van der Waals surface area contributed by atoms with Crippen LogP contribution in [0.3, 0.4) is 0 Å². The van der Waals surface area contributed by atoms with Crippen LogP contribution in [-0.4, -0.2) is 26.4 Å². The first-order valence-electron chi connectivity index (χ1n) is 5.90. The van der Waals surface area contributed by atoms with Gasteiger partial charge in [-0.15, -0.1) is 0 Å². The second-order valence-electron chi connectivity index (χ2n) is 3.69. The van der Waals surface area contributed by atoms with Gasteiger partial charge >= 0.3 is 0 Å². The molecule has 0 bridgehead atoms. The van der Waals surface area contributed by atoms with E-state index in [1.807, 2.05) is 18.2 Å². The van der Waals surface area contributed by atoms with Gasteiger partial charge < -0.3 is 15.2 Å². The number of benzene rings is 1. The van der Waals surface area contributed by atoms with Gasteiger partial charge in [0.15, 0.2) is 0 Å². The molecular formula is C12H18N4O2. The molecule has 0 aliphatic heterocycles. The molecule has 0 saturated heterocycles. The molecule has 1 rings (SSSR count). The minimum atomic E-state index is 0.482. The van der Waals surface area contributed by atoms with Gasteiger partial charge in [0.1, 0.15) is 5.75 Å². The summed E-state index contributed by atoms with van der Waals surface area (Å²) in [5.74, 6) is 0.776. The number of azide groups is 1. The smallest absolute Gasteiger partial charge is 0.121 e. The van der Waals surface area contributed by atoms with Crippen LogP contribution < -0.4 is 10.5 Å². The zero-order chi connectivity index (χ0) is 13.1. The number of ether oxygens (including phenoxy) is 2. The van der Waals surface area contributed by atoms with Crippen LogP contribution in [0.15, 0.2) is 29.4 Å². The summed E-state index contributed by atoms with van der Waals surface area (Å²) < 4.78 is 10.9. The Morgan fingerprint density at radius 1 is 1.22 bits per heavy atom. The fourth-order valence-corrected chi connectivity index (χ4v) is 1.34. The monoisotopic (exact) mass is 250 g/mol. The van der Waals surface area contributed by atoms with Crippen LogP contribution in [0, 0.1) is 0 Å². The molecule has 0 heterocycles. The van der Waals surface area contributed by atoms with Crippen LogP contribution in [0.5, 0.6) is 5.75 Å². The van der Waals surface area contributed by atoms with E-state index in [0.717, 1.165) is 18.6 Å². The fraction of sp³-hybridized carbons (Fsp3) is 0.500. The molecular weight excluding hydrogens is 232 g/mol. The topological polar surface area (TPSA) is 93.2 Å². The molecule has 6 heteroatoms. The lowest BCUT2D eigenvalue weighted by molar-refractivity contribution is 0.118. The molecule has 0 aliphatic rings. The van der Waals surface area contributed by atoms with Gasteiger partial charge in [-0.2, -0.15) is 0 Å². The summed E-state index contributed by atoms with van der Waals surface area (Å²) in [5, 5.41) is 3.42. The van der Waals surface area contributed by atoms with Crippen molar-refractivity contribution in [1.82, 2.24) is 0 Å². The van der Waals surface area contributed by atoms with Gasteiger partial charge in [0.2, 0.25) is 0 Å². The number of rotatable bonds is 9. The molecule has 0 fully saturated rings. The van der Waals surface area contributed by atoms with Crippen LogP contribution in [0.4, 0.5) is 5.69 Å². The van der Waals surface area contributed by atoms with E-state index >= 15 is 0 Å². The van der Waals surface area contributed by atoms with Crippen molar-refractivity contribution in [2.45, 2.75) is 12.8 Å². The van der Waals surface area contributed by atoms with Gasteiger partial charge in [-0.05, 0) is 24.1 Å². The molecule has 0 aromatic heterocycles. The highest BCUT2D eigenvalue weighted by Crippen LogP contribution is 2.14. The molecule has 0 aliphatic carbocycles. The third kappa shape index (κ3) is 6.62. The van der Waals surface area contributed by atoms with Gasteiger partial charge in [0, 0.05) is 42.8 Å². The Labute approximate surface area is 106 Å². The standard InChI is InChI=1S/C12H18N4O2/c13-11-4-1-5-12(10-11)18-9-3-8-17-7-2-6-15-16-14/h1,4-5,10H,2-3,6-9,13H2. The number of nitrogen functional groups attached to an aromatic ring is 1. The van der Waals surface area contributed by atoms with Crippen LogP contribution in [0.1, 0.15) is 12.8 Å². The summed E-state index contributed by atoms with van der Waals surface area (Å²) in [6.45, 7) is 2.33. The molecule has 98 valence electrons. The number of anilines is 1. The normalized spacial score (nSPS) is 9.78. The Kier molecular flexibility index (Phi) is 7.20. The zero-order valence-corrected chi connectivity index (χ0v) is 10.3. The van der Waals surface area contributed by atoms with E-state index in [4.69, 9.17) is 20.7 Å². The highest BCUT2D eigenvalue weighted by molar-refractivity contribution is 5.43. The molecule has 0 amide bonds. The molecule has 0 saturated carbocycles. The quantitative estimate of drug-likeness (QED) is 0.240. The van der Waals surface area contributed by atoms with Crippen molar-refractivity contribution in [3.05, 3.63) is 34.7 Å². The minimum absolute atomic E-state index is 0.482. The Balaban J connectivity index is 1.97. The van der Waals surface area contributed by atoms with Crippen molar-refractivity contribution in [1.29, 1.82) is 0 Å². The van der Waals surface area contributed by atoms with Crippen molar-refractivity contribution in [2.24, 2.45) is 5.11 Å². The highest BCUT2D eigenvalue weighted by atomic mass is 16.5. The first-order valence-corrected chi connectivity index (χ1v) is 5.90. The average molecular weight is 250 g/mol. The number of hydrogen-bond donors (Lipinski definition) is 1. The number of hydrogen-bond acceptors (Lipinski definition) is 4. The summed E-state index contributed by atoms with van der Waals surface area (Å²) in [7, 11) is 0. The van der Waals surface area contributed by atoms with Crippen LogP contribution in [-0.2, 0) is 4.74 Å². The van der Waals surface area contributed by atoms with Crippen molar-refractivity contribution < 1.29 is 9.47 Å². The largest absolute Gasteiger partial charge is 0.493 e. The maximum absolute atomic E-state index is 8.06. The maximum Gasteiger partial charge on any atom is 0.121 e. The molecule has 0 atom stereocenters. The van der Waals surface area contributed by atoms with Crippen LogP contribution in [0.2, 0.25) is 0 Å². The summed E-state index contributed by atoms with van der Waals surface area (Å²) in [5.41, 5.74) is 14.4. The third-order valence-corrected chi connectivity index (χ3v) is 2.17. The lowest BCUT2D eigenvalue weighted by Crippen LogP contribution is -2.04. The first kappa shape index (κ1) is 14.2. The van der Waals surface area contributed by atoms with Gasteiger partial charge in [-0.3, -0.25) is 0 Å². The van der Waals surface area contributed by atoms with E-state index in [-0.39, 0.29) is 0 Å². The number of nitrogens with zero attached hydrogens (tertiary/aromatic N) is 3. The molecule has 2 N–H and O–H groups in total. The second kappa shape index (κ2) is 9.15. The summed E-state index contributed by atoms with van der Waals surface area (Å²) in [6, 6.07) is 7.34. The van der Waals surface area contributed by atoms with E-state index in [1.165, 1.54) is 0 Å². The molecule has 0 spiro atoms. The minimum Gasteiger partial charge on any atom is -0.493 e. The Bertz CT molecular complexity index is 391.